The van der Waals surface area contributed by atoms with Gasteiger partial charge in [-0.15, -0.1) is 0 Å². The Morgan fingerprint density at radius 2 is 1.94 bits per heavy atom. The van der Waals surface area contributed by atoms with Crippen molar-refractivity contribution in [3.63, 3.8) is 0 Å². The molecule has 2 rings (SSSR count). The van der Waals surface area contributed by atoms with Crippen LogP contribution in [0.5, 0.6) is 0 Å². The monoisotopic (exact) mass is 246 g/mol. The summed E-state index contributed by atoms with van der Waals surface area (Å²) in [5.41, 5.74) is 0. The third kappa shape index (κ3) is 2.98. The second-order valence-electron chi connectivity index (χ2n) is 5.33. The predicted molar refractivity (Wildman–Crippen MR) is 60.4 cm³/mol. The summed E-state index contributed by atoms with van der Waals surface area (Å²) in [5, 5.41) is 28.8. The molecule has 0 aromatic heterocycles. The molecule has 5 nitrogen and oxygen atoms in total. The van der Waals surface area contributed by atoms with Gasteiger partial charge >= 0.3 is 0 Å². The second kappa shape index (κ2) is 5.20. The van der Waals surface area contributed by atoms with Gasteiger partial charge in [-0.25, -0.2) is 0 Å². The highest BCUT2D eigenvalue weighted by Crippen LogP contribution is 2.37. The Hall–Kier alpha value is -0.200. The average molecular weight is 246 g/mol. The summed E-state index contributed by atoms with van der Waals surface area (Å²) < 4.78 is 10.7. The van der Waals surface area contributed by atoms with Gasteiger partial charge in [0.15, 0.2) is 0 Å². The smallest absolute Gasteiger partial charge is 0.103 e. The summed E-state index contributed by atoms with van der Waals surface area (Å²) >= 11 is 0. The van der Waals surface area contributed by atoms with E-state index in [0.29, 0.717) is 13.0 Å². The summed E-state index contributed by atoms with van der Waals surface area (Å²) in [7, 11) is 0. The van der Waals surface area contributed by atoms with Gasteiger partial charge in [0, 0.05) is 11.8 Å². The summed E-state index contributed by atoms with van der Waals surface area (Å²) in [5.74, 6) is 0.0292. The first-order valence-electron chi connectivity index (χ1n) is 6.28. The van der Waals surface area contributed by atoms with Gasteiger partial charge in [0.2, 0.25) is 0 Å². The van der Waals surface area contributed by atoms with Crippen LogP contribution in [-0.2, 0) is 9.47 Å². The number of aliphatic hydroxyl groups excluding tert-OH is 3. The van der Waals surface area contributed by atoms with Crippen LogP contribution in [0.2, 0.25) is 0 Å². The van der Waals surface area contributed by atoms with Crippen molar-refractivity contribution in [1.29, 1.82) is 0 Å². The van der Waals surface area contributed by atoms with E-state index in [2.05, 4.69) is 0 Å². The van der Waals surface area contributed by atoms with Gasteiger partial charge in [-0.1, -0.05) is 6.92 Å². The molecule has 2 aliphatic rings. The molecule has 0 radical (unpaired) electrons. The van der Waals surface area contributed by atoms with Crippen molar-refractivity contribution >= 4 is 0 Å². The third-order valence-corrected chi connectivity index (χ3v) is 3.93. The number of hydrogen-bond donors (Lipinski definition) is 3. The minimum Gasteiger partial charge on any atom is -0.393 e. The number of rotatable bonds is 4. The summed E-state index contributed by atoms with van der Waals surface area (Å²) in [6.45, 7) is 4.38. The lowest BCUT2D eigenvalue weighted by atomic mass is 9.89. The maximum atomic E-state index is 9.81. The quantitative estimate of drug-likeness (QED) is 0.584. The minimum absolute atomic E-state index is 0.0706. The van der Waals surface area contributed by atoms with Crippen molar-refractivity contribution in [3.05, 3.63) is 0 Å². The summed E-state index contributed by atoms with van der Waals surface area (Å²) in [4.78, 5) is 0. The zero-order valence-corrected chi connectivity index (χ0v) is 10.3. The Labute approximate surface area is 101 Å². The van der Waals surface area contributed by atoms with Gasteiger partial charge in [0.05, 0.1) is 37.6 Å². The van der Waals surface area contributed by atoms with E-state index in [1.54, 1.807) is 6.92 Å². The highest BCUT2D eigenvalue weighted by molar-refractivity contribution is 4.94. The predicted octanol–water partition coefficient (Wildman–Crippen LogP) is -0.471. The lowest BCUT2D eigenvalue weighted by molar-refractivity contribution is -0.123. The number of epoxide rings is 1. The van der Waals surface area contributed by atoms with Crippen LogP contribution < -0.4 is 0 Å². The Balaban J connectivity index is 1.79. The van der Waals surface area contributed by atoms with E-state index in [4.69, 9.17) is 9.47 Å². The molecule has 2 fully saturated rings. The van der Waals surface area contributed by atoms with Crippen molar-refractivity contribution in [1.82, 2.24) is 0 Å². The lowest BCUT2D eigenvalue weighted by Crippen LogP contribution is -2.44. The zero-order chi connectivity index (χ0) is 12.6. The highest BCUT2D eigenvalue weighted by Gasteiger charge is 2.47. The fourth-order valence-corrected chi connectivity index (χ4v) is 2.44. The molecule has 7 unspecified atom stereocenters. The van der Waals surface area contributed by atoms with E-state index in [9.17, 15) is 15.3 Å². The van der Waals surface area contributed by atoms with Gasteiger partial charge in [0.25, 0.3) is 0 Å². The number of ether oxygens (including phenoxy) is 2. The molecule has 5 heteroatoms. The first-order valence-corrected chi connectivity index (χ1v) is 6.28. The number of aliphatic hydroxyl groups is 3. The topological polar surface area (TPSA) is 82.5 Å². The van der Waals surface area contributed by atoms with E-state index >= 15 is 0 Å². The molecule has 2 heterocycles. The molecule has 7 atom stereocenters. The standard InChI is InChI=1S/C12H22O5/c1-6(7(2)13)12-10(17-12)3-8-4-16-5-9(14)11(8)15/h6-15H,3-5H2,1-2H3. The van der Waals surface area contributed by atoms with E-state index in [1.807, 2.05) is 6.92 Å². The van der Waals surface area contributed by atoms with Crippen LogP contribution in [0.3, 0.4) is 0 Å². The fourth-order valence-electron chi connectivity index (χ4n) is 2.44. The Kier molecular flexibility index (Phi) is 4.05. The van der Waals surface area contributed by atoms with Crippen molar-refractivity contribution in [3.8, 4) is 0 Å². The molecule has 2 aliphatic heterocycles. The summed E-state index contributed by atoms with van der Waals surface area (Å²) in [6.07, 6.45) is -1.08. The van der Waals surface area contributed by atoms with Crippen molar-refractivity contribution in [2.24, 2.45) is 11.8 Å². The van der Waals surface area contributed by atoms with E-state index in [-0.39, 0.29) is 36.8 Å². The van der Waals surface area contributed by atoms with Crippen LogP contribution >= 0.6 is 0 Å². The normalized spacial score (nSPS) is 45.4. The maximum absolute atomic E-state index is 9.81. The first-order chi connectivity index (χ1) is 8.00. The molecule has 17 heavy (non-hydrogen) atoms. The SMILES string of the molecule is CC(O)C(C)C1OC1CC1COCC(O)C1O. The zero-order valence-electron chi connectivity index (χ0n) is 10.3. The van der Waals surface area contributed by atoms with Gasteiger partial charge in [0.1, 0.15) is 6.10 Å². The van der Waals surface area contributed by atoms with E-state index in [0.717, 1.165) is 0 Å². The molecule has 0 aliphatic carbocycles. The average Bonchev–Trinajstić information content (AvgIpc) is 3.03. The molecule has 0 saturated carbocycles. The van der Waals surface area contributed by atoms with Crippen LogP contribution in [-0.4, -0.2) is 59.1 Å². The fraction of sp³-hybridized carbons (Fsp3) is 1.00. The van der Waals surface area contributed by atoms with Gasteiger partial charge in [-0.3, -0.25) is 0 Å². The molecular formula is C12H22O5. The molecule has 0 amide bonds. The minimum atomic E-state index is -0.792. The Bertz CT molecular complexity index is 257. The van der Waals surface area contributed by atoms with Crippen LogP contribution in [0.15, 0.2) is 0 Å². The van der Waals surface area contributed by atoms with Crippen LogP contribution in [0.25, 0.3) is 0 Å². The van der Waals surface area contributed by atoms with Gasteiger partial charge in [-0.2, -0.15) is 0 Å². The van der Waals surface area contributed by atoms with Crippen molar-refractivity contribution < 1.29 is 24.8 Å². The molecule has 0 aromatic carbocycles. The van der Waals surface area contributed by atoms with Crippen LogP contribution in [0.4, 0.5) is 0 Å². The molecule has 0 bridgehead atoms. The van der Waals surface area contributed by atoms with Crippen LogP contribution in [0.1, 0.15) is 20.3 Å². The largest absolute Gasteiger partial charge is 0.393 e. The molecule has 3 N–H and O–H groups in total. The number of hydrogen-bond acceptors (Lipinski definition) is 5. The lowest BCUT2D eigenvalue weighted by Gasteiger charge is -2.31. The molecule has 100 valence electrons. The van der Waals surface area contributed by atoms with Crippen LogP contribution in [0, 0.1) is 11.8 Å². The van der Waals surface area contributed by atoms with Gasteiger partial charge < -0.3 is 24.8 Å². The van der Waals surface area contributed by atoms with E-state index < -0.39 is 12.2 Å². The van der Waals surface area contributed by atoms with Gasteiger partial charge in [-0.05, 0) is 13.3 Å². The summed E-state index contributed by atoms with van der Waals surface area (Å²) in [6, 6.07) is 0. The first kappa shape index (κ1) is 13.2. The maximum Gasteiger partial charge on any atom is 0.103 e. The molecule has 0 spiro atoms. The molecule has 0 aromatic rings. The van der Waals surface area contributed by atoms with E-state index in [1.165, 1.54) is 0 Å². The van der Waals surface area contributed by atoms with Crippen molar-refractivity contribution in [2.75, 3.05) is 13.2 Å². The Morgan fingerprint density at radius 1 is 1.24 bits per heavy atom. The third-order valence-electron chi connectivity index (χ3n) is 3.93. The Morgan fingerprint density at radius 3 is 2.59 bits per heavy atom. The molecular weight excluding hydrogens is 224 g/mol. The molecule has 2 saturated heterocycles. The van der Waals surface area contributed by atoms with Crippen molar-refractivity contribution in [2.45, 2.75) is 50.8 Å². The highest BCUT2D eigenvalue weighted by atomic mass is 16.6. The second-order valence-corrected chi connectivity index (χ2v) is 5.33.